The van der Waals surface area contributed by atoms with Gasteiger partial charge in [-0.15, -0.1) is 0 Å². The topological polar surface area (TPSA) is 46.4 Å². The molecule has 32 heavy (non-hydrogen) atoms. The van der Waals surface area contributed by atoms with E-state index < -0.39 is 5.92 Å². The molecule has 0 saturated heterocycles. The summed E-state index contributed by atoms with van der Waals surface area (Å²) < 4.78 is 2.01. The first kappa shape index (κ1) is 19.8. The van der Waals surface area contributed by atoms with Gasteiger partial charge in [-0.2, -0.15) is 0 Å². The summed E-state index contributed by atoms with van der Waals surface area (Å²) in [6.07, 6.45) is 3.99. The van der Waals surface area contributed by atoms with E-state index in [9.17, 15) is 4.79 Å². The van der Waals surface area contributed by atoms with Crippen LogP contribution in [0.4, 0.5) is 5.69 Å². The van der Waals surface area contributed by atoms with Crippen molar-refractivity contribution in [3.63, 3.8) is 0 Å². The minimum Gasteiger partial charge on any atom is -0.325 e. The van der Waals surface area contributed by atoms with E-state index in [1.807, 2.05) is 121 Å². The number of pyridine rings is 1. The van der Waals surface area contributed by atoms with Gasteiger partial charge in [0.1, 0.15) is 5.65 Å². The van der Waals surface area contributed by atoms with Gasteiger partial charge in [0, 0.05) is 18.0 Å². The van der Waals surface area contributed by atoms with Crippen molar-refractivity contribution < 1.29 is 4.79 Å². The third kappa shape index (κ3) is 3.79. The highest BCUT2D eigenvalue weighted by Crippen LogP contribution is 2.31. The molecule has 5 aromatic rings. The molecule has 1 N–H and O–H groups in total. The highest BCUT2D eigenvalue weighted by molar-refractivity contribution is 6.01. The second-order valence-corrected chi connectivity index (χ2v) is 7.84. The summed E-state index contributed by atoms with van der Waals surface area (Å²) >= 11 is 0. The number of nitrogens with zero attached hydrogens (tertiary/aromatic N) is 2. The number of benzene rings is 3. The van der Waals surface area contributed by atoms with E-state index in [1.165, 1.54) is 0 Å². The predicted octanol–water partition coefficient (Wildman–Crippen LogP) is 6.08. The molecule has 0 aliphatic heterocycles. The Morgan fingerprint density at radius 2 is 1.44 bits per heavy atom. The number of anilines is 1. The summed E-state index contributed by atoms with van der Waals surface area (Å²) in [6.45, 7) is 2.05. The maximum Gasteiger partial charge on any atom is 0.236 e. The maximum absolute atomic E-state index is 13.6. The number of rotatable bonds is 5. The fourth-order valence-electron chi connectivity index (χ4n) is 4.09. The number of carbonyl (C=O) groups is 1. The Labute approximate surface area is 187 Å². The third-order valence-electron chi connectivity index (χ3n) is 5.67. The first-order chi connectivity index (χ1) is 15.7. The second kappa shape index (κ2) is 8.52. The van der Waals surface area contributed by atoms with Crippen molar-refractivity contribution in [2.45, 2.75) is 12.8 Å². The summed E-state index contributed by atoms with van der Waals surface area (Å²) in [6, 6.07) is 31.6. The van der Waals surface area contributed by atoms with E-state index in [0.29, 0.717) is 0 Å². The molecular formula is C28H23N3O. The van der Waals surface area contributed by atoms with Crippen LogP contribution in [0.1, 0.15) is 22.6 Å². The van der Waals surface area contributed by atoms with Crippen molar-refractivity contribution in [3.8, 4) is 11.3 Å². The van der Waals surface area contributed by atoms with Gasteiger partial charge < -0.3 is 9.72 Å². The zero-order valence-corrected chi connectivity index (χ0v) is 17.8. The van der Waals surface area contributed by atoms with E-state index in [4.69, 9.17) is 4.98 Å². The van der Waals surface area contributed by atoms with Crippen LogP contribution >= 0.6 is 0 Å². The molecule has 0 radical (unpaired) electrons. The first-order valence-corrected chi connectivity index (χ1v) is 10.7. The number of imidazole rings is 1. The van der Waals surface area contributed by atoms with Gasteiger partial charge in [-0.1, -0.05) is 84.9 Å². The molecular weight excluding hydrogens is 394 g/mol. The SMILES string of the molecule is Cc1cccn2cc(-c3ccccc3NC(=O)C(c3ccccc3)c3ccccc3)nc12. The van der Waals surface area contributed by atoms with Crippen molar-refractivity contribution in [2.75, 3.05) is 5.32 Å². The van der Waals surface area contributed by atoms with Crippen molar-refractivity contribution in [3.05, 3.63) is 126 Å². The van der Waals surface area contributed by atoms with Gasteiger partial charge in [-0.05, 0) is 35.7 Å². The van der Waals surface area contributed by atoms with E-state index in [-0.39, 0.29) is 5.91 Å². The molecule has 0 spiro atoms. The molecule has 4 nitrogen and oxygen atoms in total. The molecule has 2 heterocycles. The number of aromatic nitrogens is 2. The molecule has 0 atom stereocenters. The number of fused-ring (bicyclic) bond motifs is 1. The van der Waals surface area contributed by atoms with Crippen molar-refractivity contribution in [1.82, 2.24) is 9.38 Å². The van der Waals surface area contributed by atoms with Crippen LogP contribution in [-0.4, -0.2) is 15.3 Å². The van der Waals surface area contributed by atoms with Crippen LogP contribution < -0.4 is 5.32 Å². The van der Waals surface area contributed by atoms with E-state index in [2.05, 4.69) is 5.32 Å². The molecule has 1 amide bonds. The smallest absolute Gasteiger partial charge is 0.236 e. The standard InChI is InChI=1S/C28H23N3O/c1-20-11-10-18-31-19-25(29-27(20)31)23-16-8-9-17-24(23)30-28(32)26(21-12-4-2-5-13-21)22-14-6-3-7-15-22/h2-19,26H,1H3,(H,30,32). The van der Waals surface area contributed by atoms with Crippen LogP contribution in [0.3, 0.4) is 0 Å². The molecule has 4 heteroatoms. The molecule has 5 rings (SSSR count). The highest BCUT2D eigenvalue weighted by atomic mass is 16.1. The first-order valence-electron chi connectivity index (χ1n) is 10.7. The molecule has 0 unspecified atom stereocenters. The van der Waals surface area contributed by atoms with Gasteiger partial charge in [0.2, 0.25) is 5.91 Å². The van der Waals surface area contributed by atoms with E-state index >= 15 is 0 Å². The molecule has 0 fully saturated rings. The van der Waals surface area contributed by atoms with E-state index in [0.717, 1.165) is 39.3 Å². The lowest BCUT2D eigenvalue weighted by Gasteiger charge is -2.19. The van der Waals surface area contributed by atoms with Crippen LogP contribution in [0.2, 0.25) is 0 Å². The normalized spacial score (nSPS) is 11.1. The monoisotopic (exact) mass is 417 g/mol. The second-order valence-electron chi connectivity index (χ2n) is 7.84. The summed E-state index contributed by atoms with van der Waals surface area (Å²) in [4.78, 5) is 18.4. The predicted molar refractivity (Wildman–Crippen MR) is 129 cm³/mol. The largest absolute Gasteiger partial charge is 0.325 e. The van der Waals surface area contributed by atoms with Crippen LogP contribution in [0.25, 0.3) is 16.9 Å². The molecule has 0 saturated carbocycles. The molecule has 0 bridgehead atoms. The number of nitrogens with one attached hydrogen (secondary N) is 1. The van der Waals surface area contributed by atoms with Gasteiger partial charge in [0.25, 0.3) is 0 Å². The Bertz CT molecular complexity index is 1330. The lowest BCUT2D eigenvalue weighted by atomic mass is 9.90. The average Bonchev–Trinajstić information content (AvgIpc) is 3.27. The Hall–Kier alpha value is -4.18. The maximum atomic E-state index is 13.6. The van der Waals surface area contributed by atoms with Crippen LogP contribution in [0.15, 0.2) is 109 Å². The number of aryl methyl sites for hydroxylation is 1. The zero-order chi connectivity index (χ0) is 21.9. The number of hydrogen-bond acceptors (Lipinski definition) is 2. The summed E-state index contributed by atoms with van der Waals surface area (Å²) in [5.41, 5.74) is 6.39. The fraction of sp³-hybridized carbons (Fsp3) is 0.0714. The Balaban J connectivity index is 1.53. The molecule has 0 aliphatic carbocycles. The average molecular weight is 418 g/mol. The van der Waals surface area contributed by atoms with Crippen LogP contribution in [-0.2, 0) is 4.79 Å². The Morgan fingerprint density at radius 3 is 2.09 bits per heavy atom. The molecule has 3 aromatic carbocycles. The number of carbonyl (C=O) groups excluding carboxylic acids is 1. The van der Waals surface area contributed by atoms with Crippen LogP contribution in [0.5, 0.6) is 0 Å². The minimum atomic E-state index is -0.409. The third-order valence-corrected chi connectivity index (χ3v) is 5.67. The number of para-hydroxylation sites is 1. The van der Waals surface area contributed by atoms with Gasteiger partial charge in [0.05, 0.1) is 17.3 Å². The summed E-state index contributed by atoms with van der Waals surface area (Å²) in [5, 5.41) is 3.18. The van der Waals surface area contributed by atoms with Gasteiger partial charge in [-0.25, -0.2) is 4.98 Å². The zero-order valence-electron chi connectivity index (χ0n) is 17.8. The summed E-state index contributed by atoms with van der Waals surface area (Å²) in [5.74, 6) is -0.483. The molecule has 0 aliphatic rings. The van der Waals surface area contributed by atoms with Crippen molar-refractivity contribution in [1.29, 1.82) is 0 Å². The van der Waals surface area contributed by atoms with Crippen molar-refractivity contribution >= 4 is 17.2 Å². The van der Waals surface area contributed by atoms with Crippen molar-refractivity contribution in [2.24, 2.45) is 0 Å². The highest BCUT2D eigenvalue weighted by Gasteiger charge is 2.23. The minimum absolute atomic E-state index is 0.0743. The van der Waals surface area contributed by atoms with Crippen LogP contribution in [0, 0.1) is 6.92 Å². The summed E-state index contributed by atoms with van der Waals surface area (Å²) in [7, 11) is 0. The quantitative estimate of drug-likeness (QED) is 0.377. The lowest BCUT2D eigenvalue weighted by molar-refractivity contribution is -0.116. The Kier molecular flexibility index (Phi) is 5.26. The number of amides is 1. The lowest BCUT2D eigenvalue weighted by Crippen LogP contribution is -2.22. The van der Waals surface area contributed by atoms with Gasteiger partial charge in [0.15, 0.2) is 0 Å². The molecule has 2 aromatic heterocycles. The number of hydrogen-bond donors (Lipinski definition) is 1. The fourth-order valence-corrected chi connectivity index (χ4v) is 4.09. The molecule has 156 valence electrons. The van der Waals surface area contributed by atoms with E-state index in [1.54, 1.807) is 0 Å². The van der Waals surface area contributed by atoms with Gasteiger partial charge in [-0.3, -0.25) is 4.79 Å². The van der Waals surface area contributed by atoms with Gasteiger partial charge >= 0.3 is 0 Å². The Morgan fingerprint density at radius 1 is 0.812 bits per heavy atom.